The van der Waals surface area contributed by atoms with Crippen LogP contribution in [0.15, 0.2) is 87.6 Å². The fourth-order valence-corrected chi connectivity index (χ4v) is 5.50. The van der Waals surface area contributed by atoms with E-state index in [1.165, 1.54) is 41.1 Å². The normalized spacial score (nSPS) is 12.4. The van der Waals surface area contributed by atoms with Crippen molar-refractivity contribution in [3.05, 3.63) is 101 Å². The summed E-state index contributed by atoms with van der Waals surface area (Å²) in [4.78, 5) is 20.6. The average molecular weight is 524 g/mol. The van der Waals surface area contributed by atoms with Crippen molar-refractivity contribution in [3.8, 4) is 17.0 Å². The van der Waals surface area contributed by atoms with E-state index in [9.17, 15) is 22.7 Å². The predicted molar refractivity (Wildman–Crippen MR) is 135 cm³/mol. The van der Waals surface area contributed by atoms with E-state index in [1.54, 1.807) is 6.92 Å². The van der Waals surface area contributed by atoms with Crippen LogP contribution in [0.5, 0.6) is 5.88 Å². The van der Waals surface area contributed by atoms with Crippen molar-refractivity contribution in [2.75, 3.05) is 6.61 Å². The first-order valence-corrected chi connectivity index (χ1v) is 13.2. The third-order valence-electron chi connectivity index (χ3n) is 5.92. The van der Waals surface area contributed by atoms with Crippen molar-refractivity contribution in [1.82, 2.24) is 14.5 Å². The number of aromatic nitrogens is 3. The lowest BCUT2D eigenvalue weighted by Crippen LogP contribution is -2.33. The highest BCUT2D eigenvalue weighted by Crippen LogP contribution is 2.29. The third kappa shape index (κ3) is 5.30. The van der Waals surface area contributed by atoms with Gasteiger partial charge in [-0.2, -0.15) is 4.98 Å². The number of halogens is 1. The highest BCUT2D eigenvalue weighted by atomic mass is 32.2. The summed E-state index contributed by atoms with van der Waals surface area (Å²) in [6.45, 7) is 3.90. The van der Waals surface area contributed by atoms with Gasteiger partial charge in [-0.05, 0) is 42.7 Å². The van der Waals surface area contributed by atoms with Crippen LogP contribution in [0.25, 0.3) is 11.1 Å². The maximum atomic E-state index is 13.8. The van der Waals surface area contributed by atoms with Crippen LogP contribution >= 0.6 is 0 Å². The first-order chi connectivity index (χ1) is 17.8. The summed E-state index contributed by atoms with van der Waals surface area (Å²) in [5.41, 5.74) is 0.891. The summed E-state index contributed by atoms with van der Waals surface area (Å²) in [6.07, 6.45) is 2.98. The molecule has 4 aromatic rings. The van der Waals surface area contributed by atoms with Gasteiger partial charge in [-0.15, -0.1) is 0 Å². The lowest BCUT2D eigenvalue weighted by molar-refractivity contribution is 0.122. The number of hydrogen-bond donors (Lipinski definition) is 1. The van der Waals surface area contributed by atoms with E-state index in [0.717, 1.165) is 11.8 Å². The van der Waals surface area contributed by atoms with Crippen LogP contribution < -0.4 is 5.56 Å². The van der Waals surface area contributed by atoms with Crippen LogP contribution in [-0.4, -0.2) is 34.7 Å². The number of nitrogens with zero attached hydrogens (tertiary/aromatic N) is 3. The summed E-state index contributed by atoms with van der Waals surface area (Å²) in [5, 5.41) is 10.7. The van der Waals surface area contributed by atoms with Crippen LogP contribution in [0, 0.1) is 5.82 Å². The van der Waals surface area contributed by atoms with E-state index in [1.807, 2.05) is 37.3 Å². The smallest absolute Gasteiger partial charge is 0.277 e. The van der Waals surface area contributed by atoms with Gasteiger partial charge in [0.25, 0.3) is 5.56 Å². The van der Waals surface area contributed by atoms with E-state index in [-0.39, 0.29) is 17.3 Å². The second-order valence-electron chi connectivity index (χ2n) is 8.25. The Kier molecular flexibility index (Phi) is 7.80. The van der Waals surface area contributed by atoms with Crippen molar-refractivity contribution in [3.63, 3.8) is 0 Å². The quantitative estimate of drug-likeness (QED) is 0.343. The van der Waals surface area contributed by atoms with Gasteiger partial charge in [-0.3, -0.25) is 14.3 Å². The molecule has 1 atom stereocenters. The minimum atomic E-state index is -4.47. The molecule has 1 unspecified atom stereocenters. The zero-order valence-electron chi connectivity index (χ0n) is 20.3. The number of hydrogen-bond acceptors (Lipinski definition) is 7. The molecule has 0 aliphatic rings. The Labute approximate surface area is 214 Å². The average Bonchev–Trinajstić information content (AvgIpc) is 2.89. The summed E-state index contributed by atoms with van der Waals surface area (Å²) in [5.74, 6) is -1.30. The van der Waals surface area contributed by atoms with Gasteiger partial charge in [0, 0.05) is 18.4 Å². The molecule has 8 nitrogen and oxygen atoms in total. The van der Waals surface area contributed by atoms with Crippen molar-refractivity contribution in [1.29, 1.82) is 0 Å². The summed E-state index contributed by atoms with van der Waals surface area (Å²) in [6, 6.07) is 15.5. The molecule has 2 aromatic heterocycles. The third-order valence-corrected chi connectivity index (χ3v) is 7.71. The summed E-state index contributed by atoms with van der Waals surface area (Å²) >= 11 is 0. The zero-order valence-corrected chi connectivity index (χ0v) is 21.2. The van der Waals surface area contributed by atoms with Gasteiger partial charge in [-0.1, -0.05) is 49.4 Å². The van der Waals surface area contributed by atoms with Gasteiger partial charge in [0.1, 0.15) is 18.2 Å². The molecule has 37 heavy (non-hydrogen) atoms. The minimum Gasteiger partial charge on any atom is -0.492 e. The standard InChI is InChI=1S/C27H26FN3O5S/c1-3-23(19-8-6-5-7-9-19)31-24(17-36-4-2)30-26(32)25(27(31)33)37(34,35)22-12-10-18(11-13-22)20-14-21(28)16-29-15-20/h5-16,23,32H,3-4,17H2,1-2H3. The number of pyridine rings is 1. The van der Waals surface area contributed by atoms with Crippen LogP contribution in [0.1, 0.15) is 37.7 Å². The first kappa shape index (κ1) is 26.2. The molecule has 4 rings (SSSR count). The molecule has 0 bridgehead atoms. The van der Waals surface area contributed by atoms with E-state index in [4.69, 9.17) is 4.74 Å². The van der Waals surface area contributed by atoms with E-state index in [0.29, 0.717) is 24.2 Å². The Morgan fingerprint density at radius 1 is 1.03 bits per heavy atom. The second-order valence-corrected chi connectivity index (χ2v) is 10.1. The Morgan fingerprint density at radius 3 is 2.35 bits per heavy atom. The van der Waals surface area contributed by atoms with Gasteiger partial charge in [0.15, 0.2) is 4.90 Å². The lowest BCUT2D eigenvalue weighted by atomic mass is 10.0. The number of benzene rings is 2. The fraction of sp³-hybridized carbons (Fsp3) is 0.222. The van der Waals surface area contributed by atoms with E-state index >= 15 is 0 Å². The van der Waals surface area contributed by atoms with Crippen molar-refractivity contribution >= 4 is 9.84 Å². The van der Waals surface area contributed by atoms with Gasteiger partial charge < -0.3 is 9.84 Å². The summed E-state index contributed by atoms with van der Waals surface area (Å²) in [7, 11) is -4.47. The van der Waals surface area contributed by atoms with Crippen LogP contribution in [0.3, 0.4) is 0 Å². The molecule has 0 aliphatic carbocycles. The number of rotatable bonds is 9. The monoisotopic (exact) mass is 523 g/mol. The topological polar surface area (TPSA) is 111 Å². The molecule has 0 amide bonds. The fourth-order valence-electron chi connectivity index (χ4n) is 4.16. The largest absolute Gasteiger partial charge is 0.492 e. The molecule has 0 aliphatic heterocycles. The molecule has 0 saturated heterocycles. The lowest BCUT2D eigenvalue weighted by Gasteiger charge is -2.23. The maximum absolute atomic E-state index is 13.8. The van der Waals surface area contributed by atoms with Gasteiger partial charge in [0.2, 0.25) is 15.7 Å². The zero-order chi connectivity index (χ0) is 26.6. The predicted octanol–water partition coefficient (Wildman–Crippen LogP) is 4.52. The molecule has 0 spiro atoms. The molecule has 2 aromatic carbocycles. The van der Waals surface area contributed by atoms with Crippen LogP contribution in [-0.2, 0) is 21.2 Å². The van der Waals surface area contributed by atoms with Gasteiger partial charge in [-0.25, -0.2) is 12.8 Å². The van der Waals surface area contributed by atoms with Crippen molar-refractivity contribution in [2.24, 2.45) is 0 Å². The summed E-state index contributed by atoms with van der Waals surface area (Å²) < 4.78 is 47.5. The molecule has 0 saturated carbocycles. The first-order valence-electron chi connectivity index (χ1n) is 11.7. The van der Waals surface area contributed by atoms with E-state index in [2.05, 4.69) is 9.97 Å². The Balaban J connectivity index is 1.85. The van der Waals surface area contributed by atoms with Crippen molar-refractivity contribution in [2.45, 2.75) is 42.7 Å². The SMILES string of the molecule is CCOCc1nc(O)c(S(=O)(=O)c2ccc(-c3cncc(F)c3)cc2)c(=O)n1C(CC)c1ccccc1. The Hall–Kier alpha value is -3.89. The number of sulfone groups is 1. The molecule has 0 fully saturated rings. The highest BCUT2D eigenvalue weighted by molar-refractivity contribution is 7.91. The number of aromatic hydroxyl groups is 1. The molecule has 10 heteroatoms. The maximum Gasteiger partial charge on any atom is 0.277 e. The van der Waals surface area contributed by atoms with Crippen LogP contribution in [0.2, 0.25) is 0 Å². The Morgan fingerprint density at radius 2 is 1.73 bits per heavy atom. The van der Waals surface area contributed by atoms with Crippen LogP contribution in [0.4, 0.5) is 4.39 Å². The highest BCUT2D eigenvalue weighted by Gasteiger charge is 2.31. The molecule has 1 N–H and O–H groups in total. The molecular formula is C27H26FN3O5S. The minimum absolute atomic E-state index is 0.0840. The van der Waals surface area contributed by atoms with E-state index < -0.39 is 38.0 Å². The molecular weight excluding hydrogens is 497 g/mol. The molecule has 192 valence electrons. The van der Waals surface area contributed by atoms with Gasteiger partial charge in [0.05, 0.1) is 17.1 Å². The van der Waals surface area contributed by atoms with Gasteiger partial charge >= 0.3 is 0 Å². The van der Waals surface area contributed by atoms with Crippen molar-refractivity contribution < 1.29 is 22.7 Å². The second kappa shape index (κ2) is 11.0. The Bertz CT molecular complexity index is 1560. The molecule has 0 radical (unpaired) electrons. The molecule has 2 heterocycles. The number of ether oxygens (including phenoxy) is 1.